The number of nitrogens with one attached hydrogen (secondary N) is 2. The van der Waals surface area contributed by atoms with Crippen molar-refractivity contribution in [3.8, 4) is 0 Å². The van der Waals surface area contributed by atoms with Crippen molar-refractivity contribution in [2.45, 2.75) is 32.7 Å². The number of pyridine rings is 1. The number of amides is 1. The van der Waals surface area contributed by atoms with Gasteiger partial charge in [-0.1, -0.05) is 0 Å². The number of H-pyrrole nitrogens is 1. The maximum atomic E-state index is 12.0. The molecule has 7 heteroatoms. The van der Waals surface area contributed by atoms with Gasteiger partial charge in [-0.15, -0.1) is 10.2 Å². The highest BCUT2D eigenvalue weighted by molar-refractivity contribution is 5.93. The SMILES string of the molecule is Cc1nnc(CNC(=O)c2cc3c([nH]c2=O)CCC3)o1. The molecule has 0 bridgehead atoms. The predicted octanol–water partition coefficient (Wildman–Crippen LogP) is 0.485. The van der Waals surface area contributed by atoms with Crippen LogP contribution >= 0.6 is 0 Å². The number of aromatic nitrogens is 3. The number of rotatable bonds is 3. The number of aromatic amines is 1. The fraction of sp³-hybridized carbons (Fsp3) is 0.385. The molecule has 0 saturated heterocycles. The zero-order valence-electron chi connectivity index (χ0n) is 11.0. The van der Waals surface area contributed by atoms with Crippen molar-refractivity contribution in [2.24, 2.45) is 0 Å². The van der Waals surface area contributed by atoms with Gasteiger partial charge in [0.2, 0.25) is 11.8 Å². The minimum atomic E-state index is -0.434. The van der Waals surface area contributed by atoms with E-state index >= 15 is 0 Å². The van der Waals surface area contributed by atoms with E-state index < -0.39 is 5.91 Å². The molecule has 0 aromatic carbocycles. The Bertz CT molecular complexity index is 717. The molecule has 0 aliphatic heterocycles. The summed E-state index contributed by atoms with van der Waals surface area (Å²) in [5.41, 5.74) is 1.76. The second-order valence-corrected chi connectivity index (χ2v) is 4.77. The molecule has 2 N–H and O–H groups in total. The normalized spacial score (nSPS) is 13.2. The van der Waals surface area contributed by atoms with Gasteiger partial charge in [0.1, 0.15) is 5.56 Å². The Kier molecular flexibility index (Phi) is 3.09. The van der Waals surface area contributed by atoms with Gasteiger partial charge in [-0.3, -0.25) is 9.59 Å². The molecule has 104 valence electrons. The van der Waals surface area contributed by atoms with Crippen LogP contribution in [0.1, 0.15) is 39.8 Å². The van der Waals surface area contributed by atoms with Gasteiger partial charge in [-0.05, 0) is 30.9 Å². The maximum absolute atomic E-state index is 12.0. The number of hydrogen-bond donors (Lipinski definition) is 2. The molecule has 0 fully saturated rings. The van der Waals surface area contributed by atoms with Gasteiger partial charge in [0.05, 0.1) is 6.54 Å². The average Bonchev–Trinajstić information content (AvgIpc) is 3.03. The van der Waals surface area contributed by atoms with Gasteiger partial charge in [0.25, 0.3) is 11.5 Å². The lowest BCUT2D eigenvalue weighted by molar-refractivity contribution is 0.0945. The van der Waals surface area contributed by atoms with E-state index in [0.29, 0.717) is 11.8 Å². The third kappa shape index (κ3) is 2.34. The molecule has 0 unspecified atom stereocenters. The smallest absolute Gasteiger partial charge is 0.261 e. The summed E-state index contributed by atoms with van der Waals surface area (Å²) in [4.78, 5) is 26.7. The van der Waals surface area contributed by atoms with Crippen molar-refractivity contribution in [3.05, 3.63) is 45.0 Å². The molecule has 2 heterocycles. The van der Waals surface area contributed by atoms with Crippen molar-refractivity contribution in [3.63, 3.8) is 0 Å². The third-order valence-electron chi connectivity index (χ3n) is 3.30. The molecule has 0 atom stereocenters. The lowest BCUT2D eigenvalue weighted by Gasteiger charge is -2.04. The van der Waals surface area contributed by atoms with Crippen molar-refractivity contribution < 1.29 is 9.21 Å². The van der Waals surface area contributed by atoms with Crippen LogP contribution in [0.5, 0.6) is 0 Å². The Hall–Kier alpha value is -2.44. The number of carbonyl (C=O) groups excluding carboxylic acids is 1. The van der Waals surface area contributed by atoms with E-state index in [4.69, 9.17) is 4.42 Å². The summed E-state index contributed by atoms with van der Waals surface area (Å²) in [6.45, 7) is 1.78. The topological polar surface area (TPSA) is 101 Å². The first kappa shape index (κ1) is 12.6. The lowest BCUT2D eigenvalue weighted by atomic mass is 10.1. The molecule has 7 nitrogen and oxygen atoms in total. The summed E-state index contributed by atoms with van der Waals surface area (Å²) in [7, 11) is 0. The van der Waals surface area contributed by atoms with Crippen LogP contribution in [-0.2, 0) is 19.4 Å². The van der Waals surface area contributed by atoms with Crippen LogP contribution < -0.4 is 10.9 Å². The Labute approximate surface area is 114 Å². The zero-order valence-corrected chi connectivity index (χ0v) is 11.0. The van der Waals surface area contributed by atoms with Crippen LogP contribution in [0.15, 0.2) is 15.3 Å². The van der Waals surface area contributed by atoms with E-state index in [9.17, 15) is 9.59 Å². The predicted molar refractivity (Wildman–Crippen MR) is 69.3 cm³/mol. The lowest BCUT2D eigenvalue weighted by Crippen LogP contribution is -2.30. The molecule has 2 aromatic rings. The molecule has 1 aliphatic rings. The van der Waals surface area contributed by atoms with Gasteiger partial charge < -0.3 is 14.7 Å². The summed E-state index contributed by atoms with van der Waals surface area (Å²) in [6.07, 6.45) is 2.78. The maximum Gasteiger partial charge on any atom is 0.261 e. The van der Waals surface area contributed by atoms with Crippen molar-refractivity contribution in [2.75, 3.05) is 0 Å². The first-order valence-corrected chi connectivity index (χ1v) is 6.46. The van der Waals surface area contributed by atoms with E-state index in [2.05, 4.69) is 20.5 Å². The van der Waals surface area contributed by atoms with Crippen LogP contribution in [0.3, 0.4) is 0 Å². The van der Waals surface area contributed by atoms with Crippen LogP contribution in [0, 0.1) is 6.92 Å². The number of nitrogens with zero attached hydrogens (tertiary/aromatic N) is 2. The van der Waals surface area contributed by atoms with Crippen molar-refractivity contribution in [1.82, 2.24) is 20.5 Å². The van der Waals surface area contributed by atoms with Crippen LogP contribution in [0.4, 0.5) is 0 Å². The quantitative estimate of drug-likeness (QED) is 0.848. The van der Waals surface area contributed by atoms with Gasteiger partial charge >= 0.3 is 0 Å². The van der Waals surface area contributed by atoms with E-state index in [1.807, 2.05) is 0 Å². The standard InChI is InChI=1S/C13H14N4O3/c1-7-16-17-11(20-7)6-14-12(18)9-5-8-3-2-4-10(8)15-13(9)19/h5H,2-4,6H2,1H3,(H,14,18)(H,15,19). The molecule has 0 radical (unpaired) electrons. The minimum Gasteiger partial charge on any atom is -0.424 e. The largest absolute Gasteiger partial charge is 0.424 e. The van der Waals surface area contributed by atoms with Gasteiger partial charge in [0, 0.05) is 12.6 Å². The molecule has 3 rings (SSSR count). The number of aryl methyl sites for hydroxylation is 3. The van der Waals surface area contributed by atoms with E-state index in [0.717, 1.165) is 30.5 Å². The van der Waals surface area contributed by atoms with Crippen LogP contribution in [0.25, 0.3) is 0 Å². The van der Waals surface area contributed by atoms with E-state index in [-0.39, 0.29) is 17.7 Å². The van der Waals surface area contributed by atoms with Gasteiger partial charge in [0.15, 0.2) is 0 Å². The first-order valence-electron chi connectivity index (χ1n) is 6.46. The second-order valence-electron chi connectivity index (χ2n) is 4.77. The van der Waals surface area contributed by atoms with Crippen LogP contribution in [-0.4, -0.2) is 21.1 Å². The van der Waals surface area contributed by atoms with E-state index in [1.54, 1.807) is 13.0 Å². The fourth-order valence-electron chi connectivity index (χ4n) is 2.34. The average molecular weight is 274 g/mol. The minimum absolute atomic E-state index is 0.107. The van der Waals surface area contributed by atoms with E-state index in [1.165, 1.54) is 0 Å². The molecule has 0 spiro atoms. The monoisotopic (exact) mass is 274 g/mol. The highest BCUT2D eigenvalue weighted by Gasteiger charge is 2.18. The Morgan fingerprint density at radius 3 is 3.05 bits per heavy atom. The molecule has 20 heavy (non-hydrogen) atoms. The van der Waals surface area contributed by atoms with Gasteiger partial charge in [-0.25, -0.2) is 0 Å². The summed E-state index contributed by atoms with van der Waals surface area (Å²) in [5, 5.41) is 10.0. The van der Waals surface area contributed by atoms with Crippen molar-refractivity contribution in [1.29, 1.82) is 0 Å². The number of hydrogen-bond acceptors (Lipinski definition) is 5. The number of carbonyl (C=O) groups is 1. The van der Waals surface area contributed by atoms with Crippen molar-refractivity contribution >= 4 is 5.91 Å². The zero-order chi connectivity index (χ0) is 14.1. The Morgan fingerprint density at radius 1 is 1.45 bits per heavy atom. The number of fused-ring (bicyclic) bond motifs is 1. The molecule has 1 aliphatic carbocycles. The molecule has 2 aromatic heterocycles. The molecular formula is C13H14N4O3. The fourth-order valence-corrected chi connectivity index (χ4v) is 2.34. The summed E-state index contributed by atoms with van der Waals surface area (Å²) in [5.74, 6) is 0.315. The highest BCUT2D eigenvalue weighted by Crippen LogP contribution is 2.18. The summed E-state index contributed by atoms with van der Waals surface area (Å²) >= 11 is 0. The summed E-state index contributed by atoms with van der Waals surface area (Å²) in [6, 6.07) is 1.68. The first-order chi connectivity index (χ1) is 9.63. The molecule has 1 amide bonds. The summed E-state index contributed by atoms with van der Waals surface area (Å²) < 4.78 is 5.15. The molecule has 0 saturated carbocycles. The Morgan fingerprint density at radius 2 is 2.30 bits per heavy atom. The Balaban J connectivity index is 1.76. The van der Waals surface area contributed by atoms with Gasteiger partial charge in [-0.2, -0.15) is 0 Å². The highest BCUT2D eigenvalue weighted by atomic mass is 16.4. The van der Waals surface area contributed by atoms with Crippen LogP contribution in [0.2, 0.25) is 0 Å². The molecular weight excluding hydrogens is 260 g/mol. The second kappa shape index (κ2) is 4.92. The third-order valence-corrected chi connectivity index (χ3v) is 3.30.